The normalized spacial score (nSPS) is 18.9. The van der Waals surface area contributed by atoms with Gasteiger partial charge in [-0.05, 0) is 30.5 Å². The van der Waals surface area contributed by atoms with Gasteiger partial charge in [-0.1, -0.05) is 29.3 Å². The van der Waals surface area contributed by atoms with E-state index in [0.29, 0.717) is 16.5 Å². The zero-order valence-corrected chi connectivity index (χ0v) is 13.8. The lowest BCUT2D eigenvalue weighted by Crippen LogP contribution is -2.28. The lowest BCUT2D eigenvalue weighted by molar-refractivity contribution is 0.0792. The molecule has 0 spiro atoms. The number of likely N-dealkylation sites (tertiary alicyclic amines) is 1. The van der Waals surface area contributed by atoms with Crippen molar-refractivity contribution in [2.24, 2.45) is 5.92 Å². The SMILES string of the molecule is CCC1CCN(C(=O)c2sc3ccc(Br)cc3c2N)C1. The van der Waals surface area contributed by atoms with Crippen LogP contribution >= 0.6 is 27.3 Å². The minimum absolute atomic E-state index is 0.0933. The van der Waals surface area contributed by atoms with E-state index in [0.717, 1.165) is 40.5 Å². The molecule has 0 radical (unpaired) electrons. The Hall–Kier alpha value is -1.07. The van der Waals surface area contributed by atoms with Crippen molar-refractivity contribution in [3.05, 3.63) is 27.5 Å². The highest BCUT2D eigenvalue weighted by Gasteiger charge is 2.28. The summed E-state index contributed by atoms with van der Waals surface area (Å²) in [5.41, 5.74) is 6.81. The number of anilines is 1. The molecule has 20 heavy (non-hydrogen) atoms. The number of rotatable bonds is 2. The highest BCUT2D eigenvalue weighted by Crippen LogP contribution is 2.36. The van der Waals surface area contributed by atoms with Crippen molar-refractivity contribution in [2.75, 3.05) is 18.8 Å². The van der Waals surface area contributed by atoms with Crippen LogP contribution in [-0.2, 0) is 0 Å². The molecule has 2 N–H and O–H groups in total. The maximum absolute atomic E-state index is 12.6. The van der Waals surface area contributed by atoms with Gasteiger partial charge in [-0.25, -0.2) is 0 Å². The molecule has 1 atom stereocenters. The molecule has 0 saturated carbocycles. The Balaban J connectivity index is 1.94. The fraction of sp³-hybridized carbons (Fsp3) is 0.400. The second-order valence-electron chi connectivity index (χ2n) is 5.30. The largest absolute Gasteiger partial charge is 0.397 e. The van der Waals surface area contributed by atoms with Gasteiger partial charge in [0.25, 0.3) is 5.91 Å². The summed E-state index contributed by atoms with van der Waals surface area (Å²) in [5.74, 6) is 0.736. The number of nitrogen functional groups attached to an aromatic ring is 1. The number of amides is 1. The number of hydrogen-bond donors (Lipinski definition) is 1. The van der Waals surface area contributed by atoms with Crippen LogP contribution in [0.15, 0.2) is 22.7 Å². The Kier molecular flexibility index (Phi) is 3.73. The maximum atomic E-state index is 12.6. The van der Waals surface area contributed by atoms with E-state index < -0.39 is 0 Å². The Bertz CT molecular complexity index is 667. The predicted molar refractivity (Wildman–Crippen MR) is 88.2 cm³/mol. The van der Waals surface area contributed by atoms with E-state index in [-0.39, 0.29) is 5.91 Å². The summed E-state index contributed by atoms with van der Waals surface area (Å²) in [6, 6.07) is 5.97. The summed E-state index contributed by atoms with van der Waals surface area (Å²) in [6.45, 7) is 3.91. The van der Waals surface area contributed by atoms with Crippen molar-refractivity contribution >= 4 is 48.9 Å². The number of hydrogen-bond acceptors (Lipinski definition) is 3. The van der Waals surface area contributed by atoms with E-state index in [2.05, 4.69) is 22.9 Å². The lowest BCUT2D eigenvalue weighted by Gasteiger charge is -2.15. The van der Waals surface area contributed by atoms with Crippen LogP contribution in [0.4, 0.5) is 5.69 Å². The molecular weight excluding hydrogens is 336 g/mol. The molecule has 1 amide bonds. The Morgan fingerprint density at radius 1 is 1.55 bits per heavy atom. The average molecular weight is 353 g/mol. The summed E-state index contributed by atoms with van der Waals surface area (Å²) in [5, 5.41) is 0.971. The standard InChI is InChI=1S/C15H17BrN2OS/c1-2-9-5-6-18(8-9)15(19)14-13(17)11-7-10(16)3-4-12(11)20-14/h3-4,7,9H,2,5-6,8,17H2,1H3. The molecule has 0 aliphatic carbocycles. The van der Waals surface area contributed by atoms with Crippen molar-refractivity contribution in [3.63, 3.8) is 0 Å². The second-order valence-corrected chi connectivity index (χ2v) is 7.27. The number of nitrogens with zero attached hydrogens (tertiary/aromatic N) is 1. The average Bonchev–Trinajstić information content (AvgIpc) is 3.04. The van der Waals surface area contributed by atoms with Crippen molar-refractivity contribution in [1.82, 2.24) is 4.90 Å². The van der Waals surface area contributed by atoms with E-state index >= 15 is 0 Å². The molecule has 1 saturated heterocycles. The predicted octanol–water partition coefficient (Wildman–Crippen LogP) is 4.12. The summed E-state index contributed by atoms with van der Waals surface area (Å²) in [6.07, 6.45) is 2.25. The van der Waals surface area contributed by atoms with Crippen LogP contribution < -0.4 is 5.73 Å². The van der Waals surface area contributed by atoms with E-state index in [1.807, 2.05) is 23.1 Å². The van der Waals surface area contributed by atoms with Crippen LogP contribution in [0.3, 0.4) is 0 Å². The van der Waals surface area contributed by atoms with Crippen LogP contribution in [0.1, 0.15) is 29.4 Å². The molecule has 3 nitrogen and oxygen atoms in total. The van der Waals surface area contributed by atoms with E-state index in [9.17, 15) is 4.79 Å². The van der Waals surface area contributed by atoms with E-state index in [1.54, 1.807) is 0 Å². The molecule has 0 bridgehead atoms. The number of fused-ring (bicyclic) bond motifs is 1. The van der Waals surface area contributed by atoms with Gasteiger partial charge in [0, 0.05) is 27.6 Å². The highest BCUT2D eigenvalue weighted by molar-refractivity contribution is 9.10. The molecule has 2 heterocycles. The van der Waals surface area contributed by atoms with Crippen molar-refractivity contribution in [2.45, 2.75) is 19.8 Å². The lowest BCUT2D eigenvalue weighted by atomic mass is 10.1. The first-order chi connectivity index (χ1) is 9.60. The number of thiophene rings is 1. The zero-order chi connectivity index (χ0) is 14.3. The van der Waals surface area contributed by atoms with E-state index in [4.69, 9.17) is 5.73 Å². The van der Waals surface area contributed by atoms with Crippen molar-refractivity contribution < 1.29 is 4.79 Å². The summed E-state index contributed by atoms with van der Waals surface area (Å²) in [7, 11) is 0. The Morgan fingerprint density at radius 2 is 2.35 bits per heavy atom. The van der Waals surface area contributed by atoms with Gasteiger partial charge in [-0.3, -0.25) is 4.79 Å². The number of carbonyl (C=O) groups is 1. The first-order valence-corrected chi connectivity index (χ1v) is 8.48. The molecule has 106 valence electrons. The molecule has 2 aromatic rings. The van der Waals surface area contributed by atoms with Gasteiger partial charge in [-0.2, -0.15) is 0 Å². The fourth-order valence-electron chi connectivity index (χ4n) is 2.74. The zero-order valence-electron chi connectivity index (χ0n) is 11.4. The van der Waals surface area contributed by atoms with Gasteiger partial charge in [-0.15, -0.1) is 11.3 Å². The number of benzene rings is 1. The molecule has 1 aliphatic rings. The summed E-state index contributed by atoms with van der Waals surface area (Å²) >= 11 is 4.95. The van der Waals surface area contributed by atoms with Gasteiger partial charge in [0.2, 0.25) is 0 Å². The molecular formula is C15H17BrN2OS. The molecule has 5 heteroatoms. The van der Waals surface area contributed by atoms with Crippen molar-refractivity contribution in [3.8, 4) is 0 Å². The Morgan fingerprint density at radius 3 is 3.05 bits per heavy atom. The second kappa shape index (κ2) is 5.37. The number of halogens is 1. The minimum atomic E-state index is 0.0933. The van der Waals surface area contributed by atoms with Crippen LogP contribution in [0, 0.1) is 5.92 Å². The topological polar surface area (TPSA) is 46.3 Å². The summed E-state index contributed by atoms with van der Waals surface area (Å²) in [4.78, 5) is 15.3. The molecule has 1 aliphatic heterocycles. The highest BCUT2D eigenvalue weighted by atomic mass is 79.9. The van der Waals surface area contributed by atoms with Crippen molar-refractivity contribution in [1.29, 1.82) is 0 Å². The molecule has 1 fully saturated rings. The van der Waals surface area contributed by atoms with Gasteiger partial charge in [0.05, 0.1) is 5.69 Å². The van der Waals surface area contributed by atoms with Gasteiger partial charge < -0.3 is 10.6 Å². The van der Waals surface area contributed by atoms with E-state index in [1.165, 1.54) is 11.3 Å². The molecule has 1 unspecified atom stereocenters. The molecule has 1 aromatic heterocycles. The number of carbonyl (C=O) groups excluding carboxylic acids is 1. The quantitative estimate of drug-likeness (QED) is 0.883. The van der Waals surface area contributed by atoms with Crippen LogP contribution in [0.25, 0.3) is 10.1 Å². The smallest absolute Gasteiger partial charge is 0.266 e. The fourth-order valence-corrected chi connectivity index (χ4v) is 4.17. The van der Waals surface area contributed by atoms with Gasteiger partial charge in [0.15, 0.2) is 0 Å². The third-order valence-corrected chi connectivity index (χ3v) is 5.70. The Labute approximate surface area is 130 Å². The minimum Gasteiger partial charge on any atom is -0.397 e. The van der Waals surface area contributed by atoms with Crippen LogP contribution in [-0.4, -0.2) is 23.9 Å². The monoisotopic (exact) mass is 352 g/mol. The third kappa shape index (κ3) is 2.33. The molecule has 1 aromatic carbocycles. The van der Waals surface area contributed by atoms with Crippen LogP contribution in [0.2, 0.25) is 0 Å². The summed E-state index contributed by atoms with van der Waals surface area (Å²) < 4.78 is 2.06. The molecule has 3 rings (SSSR count). The number of nitrogens with two attached hydrogens (primary N) is 1. The first-order valence-electron chi connectivity index (χ1n) is 6.87. The van der Waals surface area contributed by atoms with Gasteiger partial charge in [0.1, 0.15) is 4.88 Å². The van der Waals surface area contributed by atoms with Crippen LogP contribution in [0.5, 0.6) is 0 Å². The first kappa shape index (κ1) is 13.9. The van der Waals surface area contributed by atoms with Gasteiger partial charge >= 0.3 is 0 Å². The maximum Gasteiger partial charge on any atom is 0.266 e. The third-order valence-electron chi connectivity index (χ3n) is 4.03.